The molecule has 1 unspecified atom stereocenters. The van der Waals surface area contributed by atoms with Crippen LogP contribution in [0.3, 0.4) is 0 Å². The number of aryl methyl sites for hydroxylation is 1. The zero-order valence-corrected chi connectivity index (χ0v) is 13.6. The highest BCUT2D eigenvalue weighted by Crippen LogP contribution is 2.25. The Kier molecular flexibility index (Phi) is 5.98. The van der Waals surface area contributed by atoms with Crippen molar-refractivity contribution in [1.82, 2.24) is 0 Å². The molecule has 2 aromatic rings. The molecule has 0 spiro atoms. The second-order valence-corrected chi connectivity index (χ2v) is 5.33. The molecule has 0 radical (unpaired) electrons. The van der Waals surface area contributed by atoms with Gasteiger partial charge in [0.15, 0.2) is 0 Å². The summed E-state index contributed by atoms with van der Waals surface area (Å²) in [6.45, 7) is 7.25. The summed E-state index contributed by atoms with van der Waals surface area (Å²) in [5, 5.41) is 0. The van der Waals surface area contributed by atoms with E-state index >= 15 is 0 Å². The van der Waals surface area contributed by atoms with Crippen molar-refractivity contribution in [2.75, 3.05) is 0 Å². The van der Waals surface area contributed by atoms with Gasteiger partial charge in [0.1, 0.15) is 17.6 Å². The van der Waals surface area contributed by atoms with Crippen LogP contribution in [-0.2, 0) is 16.0 Å². The monoisotopic (exact) mass is 310 g/mol. The van der Waals surface area contributed by atoms with Crippen LogP contribution in [0.4, 0.5) is 0 Å². The second kappa shape index (κ2) is 8.18. The molecule has 0 amide bonds. The Balaban J connectivity index is 2.04. The Morgan fingerprint density at radius 2 is 1.65 bits per heavy atom. The number of hydrogen-bond donors (Lipinski definition) is 0. The van der Waals surface area contributed by atoms with Crippen LogP contribution in [0.15, 0.2) is 61.2 Å². The Bertz CT molecular complexity index is 642. The maximum Gasteiger partial charge on any atom is 0.303 e. The average Bonchev–Trinajstić information content (AvgIpc) is 2.55. The van der Waals surface area contributed by atoms with Gasteiger partial charge in [-0.15, -0.1) is 0 Å². The first kappa shape index (κ1) is 16.8. The third kappa shape index (κ3) is 4.99. The number of carbonyl (C=O) groups is 1. The summed E-state index contributed by atoms with van der Waals surface area (Å²) in [6, 6.07) is 15.6. The smallest absolute Gasteiger partial charge is 0.303 e. The summed E-state index contributed by atoms with van der Waals surface area (Å²) in [7, 11) is 0. The molecule has 0 aliphatic heterocycles. The molecule has 3 nitrogen and oxygen atoms in total. The first-order chi connectivity index (χ1) is 11.1. The quantitative estimate of drug-likeness (QED) is 0.519. The Labute approximate surface area is 137 Å². The first-order valence-corrected chi connectivity index (χ1v) is 7.79. The minimum Gasteiger partial charge on any atom is -0.457 e. The Morgan fingerprint density at radius 3 is 2.13 bits per heavy atom. The molecule has 0 bridgehead atoms. The van der Waals surface area contributed by atoms with Crippen LogP contribution in [0.2, 0.25) is 0 Å². The van der Waals surface area contributed by atoms with Gasteiger partial charge in [0.2, 0.25) is 0 Å². The van der Waals surface area contributed by atoms with E-state index < -0.39 is 6.10 Å². The van der Waals surface area contributed by atoms with Crippen LogP contribution >= 0.6 is 0 Å². The van der Waals surface area contributed by atoms with Crippen molar-refractivity contribution in [2.45, 2.75) is 32.8 Å². The lowest BCUT2D eigenvalue weighted by molar-refractivity contribution is -0.144. The van der Waals surface area contributed by atoms with Crippen LogP contribution < -0.4 is 4.74 Å². The molecule has 0 aliphatic carbocycles. The highest BCUT2D eigenvalue weighted by atomic mass is 16.5. The van der Waals surface area contributed by atoms with Gasteiger partial charge in [-0.25, -0.2) is 0 Å². The van der Waals surface area contributed by atoms with Crippen molar-refractivity contribution in [1.29, 1.82) is 0 Å². The maximum atomic E-state index is 11.1. The number of rotatable bonds is 7. The van der Waals surface area contributed by atoms with Crippen molar-refractivity contribution in [3.63, 3.8) is 0 Å². The third-order valence-electron chi connectivity index (χ3n) is 3.41. The molecule has 120 valence electrons. The molecule has 0 saturated carbocycles. The third-order valence-corrected chi connectivity index (χ3v) is 3.41. The van der Waals surface area contributed by atoms with E-state index in [0.29, 0.717) is 0 Å². The van der Waals surface area contributed by atoms with E-state index in [2.05, 4.69) is 25.6 Å². The first-order valence-electron chi connectivity index (χ1n) is 7.79. The molecule has 2 rings (SSSR count). The van der Waals surface area contributed by atoms with Gasteiger partial charge in [0, 0.05) is 6.92 Å². The summed E-state index contributed by atoms with van der Waals surface area (Å²) in [5.41, 5.74) is 2.17. The number of hydrogen-bond acceptors (Lipinski definition) is 3. The normalized spacial score (nSPS) is 11.6. The predicted molar refractivity (Wildman–Crippen MR) is 91.7 cm³/mol. The van der Waals surface area contributed by atoms with Crippen molar-refractivity contribution >= 4 is 5.97 Å². The van der Waals surface area contributed by atoms with Gasteiger partial charge in [-0.05, 0) is 47.9 Å². The lowest BCUT2D eigenvalue weighted by Gasteiger charge is -2.14. The van der Waals surface area contributed by atoms with E-state index in [1.54, 1.807) is 6.08 Å². The molecule has 3 heteroatoms. The molecule has 1 atom stereocenters. The Morgan fingerprint density at radius 1 is 1.09 bits per heavy atom. The molecular weight excluding hydrogens is 288 g/mol. The van der Waals surface area contributed by atoms with Gasteiger partial charge < -0.3 is 9.47 Å². The van der Waals surface area contributed by atoms with Crippen molar-refractivity contribution < 1.29 is 14.3 Å². The number of esters is 1. The number of ether oxygens (including phenoxy) is 2. The average molecular weight is 310 g/mol. The summed E-state index contributed by atoms with van der Waals surface area (Å²) in [4.78, 5) is 11.1. The van der Waals surface area contributed by atoms with Gasteiger partial charge in [-0.1, -0.05) is 44.2 Å². The molecule has 0 heterocycles. The number of carbonyl (C=O) groups excluding carboxylic acids is 1. The molecule has 0 aromatic heterocycles. The zero-order valence-electron chi connectivity index (χ0n) is 13.6. The van der Waals surface area contributed by atoms with Crippen LogP contribution in [0.5, 0.6) is 11.5 Å². The molecular formula is C20H22O3. The van der Waals surface area contributed by atoms with Crippen molar-refractivity contribution in [3.05, 3.63) is 72.3 Å². The molecule has 0 aliphatic rings. The molecule has 0 saturated heterocycles. The highest BCUT2D eigenvalue weighted by molar-refractivity contribution is 5.66. The number of benzene rings is 2. The Hall–Kier alpha value is -2.55. The van der Waals surface area contributed by atoms with Gasteiger partial charge in [0.05, 0.1) is 0 Å². The summed E-state index contributed by atoms with van der Waals surface area (Å²) < 4.78 is 11.0. The fraction of sp³-hybridized carbons (Fsp3) is 0.250. The minimum atomic E-state index is -0.435. The lowest BCUT2D eigenvalue weighted by Crippen LogP contribution is -2.05. The fourth-order valence-corrected chi connectivity index (χ4v) is 2.31. The summed E-state index contributed by atoms with van der Waals surface area (Å²) >= 11 is 0. The standard InChI is InChI=1S/C20H22O3/c1-4-6-16-7-11-18(12-8-16)23-19-13-9-17(10-14-19)20(5-2)22-15(3)21/h5,7-14,20H,2,4,6H2,1,3H3. The SMILES string of the molecule is C=CC(OC(C)=O)c1ccc(Oc2ccc(CCC)cc2)cc1. The van der Waals surface area contributed by atoms with E-state index in [1.807, 2.05) is 36.4 Å². The van der Waals surface area contributed by atoms with Crippen LogP contribution in [0, 0.1) is 0 Å². The zero-order chi connectivity index (χ0) is 16.7. The van der Waals surface area contributed by atoms with Gasteiger partial charge >= 0.3 is 5.97 Å². The fourth-order valence-electron chi connectivity index (χ4n) is 2.31. The van der Waals surface area contributed by atoms with E-state index in [9.17, 15) is 4.79 Å². The minimum absolute atomic E-state index is 0.331. The van der Waals surface area contributed by atoms with Crippen LogP contribution in [-0.4, -0.2) is 5.97 Å². The summed E-state index contributed by atoms with van der Waals surface area (Å²) in [6.07, 6.45) is 3.38. The molecule has 2 aromatic carbocycles. The highest BCUT2D eigenvalue weighted by Gasteiger charge is 2.10. The van der Waals surface area contributed by atoms with Crippen molar-refractivity contribution in [3.8, 4) is 11.5 Å². The van der Waals surface area contributed by atoms with E-state index in [-0.39, 0.29) is 5.97 Å². The largest absolute Gasteiger partial charge is 0.457 e. The molecule has 0 fully saturated rings. The van der Waals surface area contributed by atoms with Gasteiger partial charge in [-0.3, -0.25) is 4.79 Å². The van der Waals surface area contributed by atoms with E-state index in [0.717, 1.165) is 29.9 Å². The van der Waals surface area contributed by atoms with Crippen molar-refractivity contribution in [2.24, 2.45) is 0 Å². The van der Waals surface area contributed by atoms with Gasteiger partial charge in [0.25, 0.3) is 0 Å². The van der Waals surface area contributed by atoms with Crippen LogP contribution in [0.1, 0.15) is 37.5 Å². The molecule has 23 heavy (non-hydrogen) atoms. The topological polar surface area (TPSA) is 35.5 Å². The van der Waals surface area contributed by atoms with Crippen LogP contribution in [0.25, 0.3) is 0 Å². The van der Waals surface area contributed by atoms with E-state index in [1.165, 1.54) is 12.5 Å². The second-order valence-electron chi connectivity index (χ2n) is 5.33. The lowest BCUT2D eigenvalue weighted by atomic mass is 10.1. The van der Waals surface area contributed by atoms with E-state index in [4.69, 9.17) is 9.47 Å². The maximum absolute atomic E-state index is 11.1. The van der Waals surface area contributed by atoms with Gasteiger partial charge in [-0.2, -0.15) is 0 Å². The predicted octanol–water partition coefficient (Wildman–Crippen LogP) is 5.22. The summed E-state index contributed by atoms with van der Waals surface area (Å²) in [5.74, 6) is 1.21. The molecule has 0 N–H and O–H groups in total.